The minimum absolute atomic E-state index is 0.0410. The smallest absolute Gasteiger partial charge is 0.270 e. The zero-order valence-electron chi connectivity index (χ0n) is 19.5. The number of hydrogen-bond acceptors (Lipinski definition) is 8. The summed E-state index contributed by atoms with van der Waals surface area (Å²) in [6.07, 6.45) is 0. The number of thioether (sulfide) groups is 1. The summed E-state index contributed by atoms with van der Waals surface area (Å²) < 4.78 is 7.13. The Balaban J connectivity index is 1.50. The molecule has 0 atom stereocenters. The van der Waals surface area contributed by atoms with Gasteiger partial charge in [-0.05, 0) is 43.3 Å². The molecule has 1 aromatic heterocycles. The number of nitrogens with one attached hydrogen (secondary N) is 1. The molecule has 1 amide bonds. The van der Waals surface area contributed by atoms with Crippen molar-refractivity contribution in [2.45, 2.75) is 12.1 Å². The van der Waals surface area contributed by atoms with Crippen LogP contribution in [-0.2, 0) is 4.79 Å². The van der Waals surface area contributed by atoms with E-state index in [1.807, 2.05) is 59.2 Å². The second kappa shape index (κ2) is 11.3. The fourth-order valence-corrected chi connectivity index (χ4v) is 4.06. The molecule has 0 bridgehead atoms. The number of methoxy groups -OCH3 is 1. The van der Waals surface area contributed by atoms with Gasteiger partial charge in [0.2, 0.25) is 0 Å². The highest BCUT2D eigenvalue weighted by molar-refractivity contribution is 7.99. The van der Waals surface area contributed by atoms with Crippen LogP contribution in [0.2, 0.25) is 0 Å². The van der Waals surface area contributed by atoms with Gasteiger partial charge in [0.05, 0.1) is 23.5 Å². The van der Waals surface area contributed by atoms with E-state index < -0.39 is 4.92 Å². The number of carbonyl (C=O) groups is 1. The maximum absolute atomic E-state index is 12.5. The Kier molecular flexibility index (Phi) is 7.71. The molecule has 182 valence electrons. The number of rotatable bonds is 9. The first-order valence-electron chi connectivity index (χ1n) is 10.8. The lowest BCUT2D eigenvalue weighted by atomic mass is 10.1. The van der Waals surface area contributed by atoms with Crippen LogP contribution in [0.1, 0.15) is 12.5 Å². The van der Waals surface area contributed by atoms with Crippen LogP contribution < -0.4 is 10.2 Å². The Labute approximate surface area is 211 Å². The van der Waals surface area contributed by atoms with Crippen molar-refractivity contribution in [2.24, 2.45) is 5.10 Å². The number of hydrogen-bond donors (Lipinski definition) is 1. The zero-order chi connectivity index (χ0) is 25.5. The normalized spacial score (nSPS) is 11.2. The van der Waals surface area contributed by atoms with Crippen LogP contribution in [0.3, 0.4) is 0 Å². The minimum atomic E-state index is -0.477. The van der Waals surface area contributed by atoms with E-state index >= 15 is 0 Å². The zero-order valence-corrected chi connectivity index (χ0v) is 20.3. The van der Waals surface area contributed by atoms with Gasteiger partial charge in [-0.25, -0.2) is 5.43 Å². The first kappa shape index (κ1) is 24.6. The van der Waals surface area contributed by atoms with E-state index in [9.17, 15) is 14.9 Å². The standard InChI is InChI=1S/C25H22N6O4S/c1-17(19-7-6-10-21(15-19)31(33)34)26-27-23(32)16-36-25-29-28-24(18-11-13-22(35-2)14-12-18)30(25)20-8-4-3-5-9-20/h3-15H,16H2,1-2H3,(H,27,32). The fraction of sp³-hybridized carbons (Fsp3) is 0.120. The molecule has 4 aromatic rings. The summed E-state index contributed by atoms with van der Waals surface area (Å²) >= 11 is 1.22. The highest BCUT2D eigenvalue weighted by Gasteiger charge is 2.17. The number of amides is 1. The van der Waals surface area contributed by atoms with Crippen molar-refractivity contribution in [3.05, 3.63) is 94.5 Å². The molecule has 11 heteroatoms. The van der Waals surface area contributed by atoms with Crippen molar-refractivity contribution < 1.29 is 14.5 Å². The molecule has 0 aliphatic rings. The Morgan fingerprint density at radius 1 is 1.08 bits per heavy atom. The molecule has 0 aliphatic carbocycles. The second-order valence-corrected chi connectivity index (χ2v) is 8.48. The van der Waals surface area contributed by atoms with Crippen molar-refractivity contribution in [2.75, 3.05) is 12.9 Å². The summed E-state index contributed by atoms with van der Waals surface area (Å²) in [5.74, 6) is 1.06. The van der Waals surface area contributed by atoms with Crippen LogP contribution in [0.5, 0.6) is 5.75 Å². The number of nitro groups is 1. The Morgan fingerprint density at radius 3 is 2.53 bits per heavy atom. The Bertz CT molecular complexity index is 1400. The Hall–Kier alpha value is -4.51. The summed E-state index contributed by atoms with van der Waals surface area (Å²) in [6.45, 7) is 1.67. The predicted octanol–water partition coefficient (Wildman–Crippen LogP) is 4.48. The van der Waals surface area contributed by atoms with E-state index in [2.05, 4.69) is 20.7 Å². The van der Waals surface area contributed by atoms with Crippen molar-refractivity contribution >= 4 is 29.1 Å². The number of carbonyl (C=O) groups excluding carboxylic acids is 1. The van der Waals surface area contributed by atoms with E-state index in [0.717, 1.165) is 17.0 Å². The van der Waals surface area contributed by atoms with Crippen LogP contribution in [0.15, 0.2) is 89.1 Å². The highest BCUT2D eigenvalue weighted by atomic mass is 32.2. The molecule has 0 radical (unpaired) electrons. The average molecular weight is 503 g/mol. The van der Waals surface area contributed by atoms with Crippen LogP contribution in [0.4, 0.5) is 5.69 Å². The number of non-ortho nitro benzene ring substituents is 1. The second-order valence-electron chi connectivity index (χ2n) is 7.53. The first-order valence-corrected chi connectivity index (χ1v) is 11.8. The molecular formula is C25H22N6O4S. The van der Waals surface area contributed by atoms with Crippen molar-refractivity contribution in [3.8, 4) is 22.8 Å². The number of nitro benzene ring substituents is 1. The third-order valence-corrected chi connectivity index (χ3v) is 6.08. The summed E-state index contributed by atoms with van der Waals surface area (Å²) in [4.78, 5) is 23.0. The van der Waals surface area contributed by atoms with Crippen molar-refractivity contribution in [1.82, 2.24) is 20.2 Å². The number of aromatic nitrogens is 3. The summed E-state index contributed by atoms with van der Waals surface area (Å²) in [5.41, 5.74) is 5.15. The van der Waals surface area contributed by atoms with Crippen molar-refractivity contribution in [1.29, 1.82) is 0 Å². The summed E-state index contributed by atoms with van der Waals surface area (Å²) in [7, 11) is 1.61. The van der Waals surface area contributed by atoms with E-state index in [1.165, 1.54) is 23.9 Å². The molecule has 1 N–H and O–H groups in total. The van der Waals surface area contributed by atoms with Crippen molar-refractivity contribution in [3.63, 3.8) is 0 Å². The molecule has 0 aliphatic heterocycles. The average Bonchev–Trinajstić information content (AvgIpc) is 3.35. The molecule has 36 heavy (non-hydrogen) atoms. The van der Waals surface area contributed by atoms with Gasteiger partial charge in [-0.3, -0.25) is 19.5 Å². The molecule has 0 spiro atoms. The van der Waals surface area contributed by atoms with Gasteiger partial charge in [0.25, 0.3) is 11.6 Å². The minimum Gasteiger partial charge on any atom is -0.497 e. The van der Waals surface area contributed by atoms with Gasteiger partial charge in [-0.1, -0.05) is 42.1 Å². The maximum Gasteiger partial charge on any atom is 0.270 e. The van der Waals surface area contributed by atoms with Gasteiger partial charge in [0, 0.05) is 28.9 Å². The molecule has 3 aromatic carbocycles. The van der Waals surface area contributed by atoms with E-state index in [-0.39, 0.29) is 17.3 Å². The highest BCUT2D eigenvalue weighted by Crippen LogP contribution is 2.29. The third-order valence-electron chi connectivity index (χ3n) is 5.15. The molecule has 4 rings (SSSR count). The van der Waals surface area contributed by atoms with Gasteiger partial charge in [0.15, 0.2) is 11.0 Å². The number of benzene rings is 3. The van der Waals surface area contributed by atoms with Gasteiger partial charge >= 0.3 is 0 Å². The largest absolute Gasteiger partial charge is 0.497 e. The number of hydrazone groups is 1. The van der Waals surface area contributed by atoms with Gasteiger partial charge in [-0.2, -0.15) is 5.10 Å². The number of para-hydroxylation sites is 1. The predicted molar refractivity (Wildman–Crippen MR) is 138 cm³/mol. The molecule has 0 unspecified atom stereocenters. The van der Waals surface area contributed by atoms with Gasteiger partial charge in [-0.15, -0.1) is 10.2 Å². The quantitative estimate of drug-likeness (QED) is 0.155. The molecule has 0 fully saturated rings. The molecule has 10 nitrogen and oxygen atoms in total. The van der Waals surface area contributed by atoms with E-state index in [1.54, 1.807) is 26.2 Å². The molecule has 0 saturated carbocycles. The van der Waals surface area contributed by atoms with E-state index in [4.69, 9.17) is 4.74 Å². The lowest BCUT2D eigenvalue weighted by Gasteiger charge is -2.10. The fourth-order valence-electron chi connectivity index (χ4n) is 3.32. The van der Waals surface area contributed by atoms with Crippen LogP contribution in [-0.4, -0.2) is 44.2 Å². The van der Waals surface area contributed by atoms with E-state index in [0.29, 0.717) is 22.3 Å². The topological polar surface area (TPSA) is 125 Å². The maximum atomic E-state index is 12.5. The first-order chi connectivity index (χ1) is 17.5. The van der Waals surface area contributed by atoms with Crippen LogP contribution in [0, 0.1) is 10.1 Å². The Morgan fingerprint density at radius 2 is 1.83 bits per heavy atom. The SMILES string of the molecule is COc1ccc(-c2nnc(SCC(=O)NN=C(C)c3cccc([N+](=O)[O-])c3)n2-c2ccccc2)cc1. The molecular weight excluding hydrogens is 480 g/mol. The lowest BCUT2D eigenvalue weighted by molar-refractivity contribution is -0.384. The van der Waals surface area contributed by atoms with Crippen LogP contribution >= 0.6 is 11.8 Å². The van der Waals surface area contributed by atoms with Gasteiger partial charge < -0.3 is 4.74 Å². The lowest BCUT2D eigenvalue weighted by Crippen LogP contribution is -2.21. The molecule has 0 saturated heterocycles. The monoisotopic (exact) mass is 502 g/mol. The molecule has 1 heterocycles. The number of nitrogens with zero attached hydrogens (tertiary/aromatic N) is 5. The number of ether oxygens (including phenoxy) is 1. The van der Waals surface area contributed by atoms with Crippen LogP contribution in [0.25, 0.3) is 17.1 Å². The van der Waals surface area contributed by atoms with Gasteiger partial charge in [0.1, 0.15) is 5.75 Å². The summed E-state index contributed by atoms with van der Waals surface area (Å²) in [6, 6.07) is 23.2. The summed E-state index contributed by atoms with van der Waals surface area (Å²) in [5, 5.41) is 24.3. The third kappa shape index (κ3) is 5.76.